The fourth-order valence-electron chi connectivity index (χ4n) is 4.04. The molecule has 1 saturated heterocycles. The number of carbonyl (C=O) groups excluding carboxylic acids is 2. The van der Waals surface area contributed by atoms with Crippen LogP contribution in [0.1, 0.15) is 31.7 Å². The van der Waals surface area contributed by atoms with Crippen molar-refractivity contribution in [2.24, 2.45) is 5.41 Å². The normalized spacial score (nSPS) is 19.2. The van der Waals surface area contributed by atoms with E-state index in [0.29, 0.717) is 25.9 Å². The van der Waals surface area contributed by atoms with Gasteiger partial charge in [0.1, 0.15) is 0 Å². The van der Waals surface area contributed by atoms with E-state index in [0.717, 1.165) is 24.9 Å². The molecule has 1 unspecified atom stereocenters. The highest BCUT2D eigenvalue weighted by Gasteiger charge is 2.43. The minimum Gasteiger partial charge on any atom is -0.352 e. The Bertz CT molecular complexity index is 831. The third kappa shape index (κ3) is 4.36. The van der Waals surface area contributed by atoms with Gasteiger partial charge < -0.3 is 10.2 Å². The second-order valence-corrected chi connectivity index (χ2v) is 8.31. The summed E-state index contributed by atoms with van der Waals surface area (Å²) < 4.78 is 0. The molecule has 5 heteroatoms. The minimum absolute atomic E-state index is 0.0157. The predicted molar refractivity (Wildman–Crippen MR) is 115 cm³/mol. The largest absolute Gasteiger partial charge is 0.352 e. The van der Waals surface area contributed by atoms with Gasteiger partial charge in [-0.1, -0.05) is 43.3 Å². The van der Waals surface area contributed by atoms with Crippen LogP contribution in [0.2, 0.25) is 0 Å². The topological polar surface area (TPSA) is 49.4 Å². The number of nitrogens with zero attached hydrogens (tertiary/aromatic N) is 1. The van der Waals surface area contributed by atoms with Crippen LogP contribution in [-0.2, 0) is 16.0 Å². The number of rotatable bonds is 7. The highest BCUT2D eigenvalue weighted by molar-refractivity contribution is 7.13. The number of thiophene rings is 1. The molecule has 148 valence electrons. The first kappa shape index (κ1) is 20.3. The Hall–Kier alpha value is -2.40. The summed E-state index contributed by atoms with van der Waals surface area (Å²) in [4.78, 5) is 28.7. The molecule has 0 saturated carbocycles. The summed E-state index contributed by atoms with van der Waals surface area (Å²) in [5, 5.41) is 5.07. The van der Waals surface area contributed by atoms with Crippen LogP contribution in [0.25, 0.3) is 10.4 Å². The van der Waals surface area contributed by atoms with E-state index in [1.165, 1.54) is 10.4 Å². The van der Waals surface area contributed by atoms with Crippen molar-refractivity contribution in [3.8, 4) is 10.4 Å². The number of carbonyl (C=O) groups is 2. The van der Waals surface area contributed by atoms with Crippen LogP contribution in [0.15, 0.2) is 54.4 Å². The molecule has 4 nitrogen and oxygen atoms in total. The van der Waals surface area contributed by atoms with Crippen molar-refractivity contribution in [2.45, 2.75) is 32.6 Å². The third-order valence-corrected chi connectivity index (χ3v) is 6.36. The van der Waals surface area contributed by atoms with Gasteiger partial charge in [-0.15, -0.1) is 17.9 Å². The molecule has 2 aromatic rings. The van der Waals surface area contributed by atoms with E-state index in [9.17, 15) is 9.59 Å². The van der Waals surface area contributed by atoms with Crippen LogP contribution in [0, 0.1) is 5.41 Å². The van der Waals surface area contributed by atoms with Crippen molar-refractivity contribution >= 4 is 23.2 Å². The number of amides is 2. The van der Waals surface area contributed by atoms with Gasteiger partial charge in [-0.2, -0.15) is 0 Å². The molecule has 1 aliphatic heterocycles. The average Bonchev–Trinajstić information content (AvgIpc) is 3.26. The molecule has 0 aliphatic carbocycles. The Balaban J connectivity index is 1.96. The van der Waals surface area contributed by atoms with Crippen LogP contribution in [0.3, 0.4) is 0 Å². The predicted octanol–water partition coefficient (Wildman–Crippen LogP) is 4.28. The molecule has 1 aromatic carbocycles. The second-order valence-electron chi connectivity index (χ2n) is 7.36. The summed E-state index contributed by atoms with van der Waals surface area (Å²) in [6.07, 6.45) is 4.41. The molecule has 2 heterocycles. The number of hydrogen-bond donors (Lipinski definition) is 1. The summed E-state index contributed by atoms with van der Waals surface area (Å²) in [5.41, 5.74) is 1.72. The Morgan fingerprint density at radius 3 is 2.82 bits per heavy atom. The Morgan fingerprint density at radius 2 is 2.11 bits per heavy atom. The van der Waals surface area contributed by atoms with Gasteiger partial charge in [-0.3, -0.25) is 9.59 Å². The van der Waals surface area contributed by atoms with Crippen molar-refractivity contribution in [1.29, 1.82) is 0 Å². The van der Waals surface area contributed by atoms with Crippen molar-refractivity contribution in [3.05, 3.63) is 60.0 Å². The van der Waals surface area contributed by atoms with Crippen molar-refractivity contribution < 1.29 is 9.59 Å². The number of piperidine rings is 1. The maximum atomic E-state index is 13.2. The molecule has 1 aromatic heterocycles. The molecular weight excluding hydrogens is 368 g/mol. The van der Waals surface area contributed by atoms with E-state index in [2.05, 4.69) is 35.5 Å². The van der Waals surface area contributed by atoms with Crippen LogP contribution < -0.4 is 5.32 Å². The standard InChI is InChI=1S/C23H28N2O2S/c1-3-13-24-22(27)23(12-8-14-25(17-23)21(26)4-2)16-18-9-5-6-10-19(18)20-11-7-15-28-20/h3,5-7,9-11,15H,1,4,8,12-14,16-17H2,2H3,(H,24,27). The maximum Gasteiger partial charge on any atom is 0.228 e. The van der Waals surface area contributed by atoms with Gasteiger partial charge in [0.15, 0.2) is 0 Å². The fraction of sp³-hybridized carbons (Fsp3) is 0.391. The first-order chi connectivity index (χ1) is 13.6. The maximum absolute atomic E-state index is 13.2. The average molecular weight is 397 g/mol. The van der Waals surface area contributed by atoms with E-state index in [1.54, 1.807) is 17.4 Å². The van der Waals surface area contributed by atoms with Crippen molar-refractivity contribution in [1.82, 2.24) is 10.2 Å². The zero-order chi connectivity index (χ0) is 20.0. The van der Waals surface area contributed by atoms with Gasteiger partial charge in [0.2, 0.25) is 11.8 Å². The molecule has 3 rings (SSSR count). The van der Waals surface area contributed by atoms with E-state index in [4.69, 9.17) is 0 Å². The molecule has 1 fully saturated rings. The lowest BCUT2D eigenvalue weighted by atomic mass is 9.73. The van der Waals surface area contributed by atoms with Gasteiger partial charge in [0.05, 0.1) is 5.41 Å². The SMILES string of the molecule is C=CCNC(=O)C1(Cc2ccccc2-c2cccs2)CCCN(C(=O)CC)C1. The van der Waals surface area contributed by atoms with Crippen LogP contribution in [-0.4, -0.2) is 36.3 Å². The van der Waals surface area contributed by atoms with Crippen LogP contribution in [0.4, 0.5) is 0 Å². The first-order valence-electron chi connectivity index (χ1n) is 9.88. The van der Waals surface area contributed by atoms with Gasteiger partial charge in [0, 0.05) is 30.9 Å². The Labute approximate surface area is 171 Å². The second kappa shape index (κ2) is 9.20. The summed E-state index contributed by atoms with van der Waals surface area (Å²) >= 11 is 1.70. The molecule has 2 amide bonds. The van der Waals surface area contributed by atoms with E-state index in [-0.39, 0.29) is 11.8 Å². The molecule has 1 N–H and O–H groups in total. The molecule has 28 heavy (non-hydrogen) atoms. The van der Waals surface area contributed by atoms with Gasteiger partial charge in [-0.25, -0.2) is 0 Å². The van der Waals surface area contributed by atoms with Gasteiger partial charge in [-0.05, 0) is 41.8 Å². The minimum atomic E-state index is -0.612. The smallest absolute Gasteiger partial charge is 0.228 e. The fourth-order valence-corrected chi connectivity index (χ4v) is 4.83. The van der Waals surface area contributed by atoms with E-state index >= 15 is 0 Å². The zero-order valence-corrected chi connectivity index (χ0v) is 17.3. The number of likely N-dealkylation sites (tertiary alicyclic amines) is 1. The molecule has 1 atom stereocenters. The van der Waals surface area contributed by atoms with Gasteiger partial charge in [0.25, 0.3) is 0 Å². The highest BCUT2D eigenvalue weighted by atomic mass is 32.1. The number of benzene rings is 1. The van der Waals surface area contributed by atoms with Crippen molar-refractivity contribution in [2.75, 3.05) is 19.6 Å². The third-order valence-electron chi connectivity index (χ3n) is 5.45. The van der Waals surface area contributed by atoms with Crippen molar-refractivity contribution in [3.63, 3.8) is 0 Å². The number of nitrogens with one attached hydrogen (secondary N) is 1. The van der Waals surface area contributed by atoms with Crippen LogP contribution in [0.5, 0.6) is 0 Å². The molecule has 0 spiro atoms. The first-order valence-corrected chi connectivity index (χ1v) is 10.8. The van der Waals surface area contributed by atoms with Gasteiger partial charge >= 0.3 is 0 Å². The van der Waals surface area contributed by atoms with E-state index in [1.807, 2.05) is 30.0 Å². The lowest BCUT2D eigenvalue weighted by Gasteiger charge is -2.42. The lowest BCUT2D eigenvalue weighted by molar-refractivity contribution is -0.141. The highest BCUT2D eigenvalue weighted by Crippen LogP contribution is 2.38. The monoisotopic (exact) mass is 396 g/mol. The summed E-state index contributed by atoms with van der Waals surface area (Å²) in [6.45, 7) is 7.23. The summed E-state index contributed by atoms with van der Waals surface area (Å²) in [7, 11) is 0. The zero-order valence-electron chi connectivity index (χ0n) is 16.4. The quantitative estimate of drug-likeness (QED) is 0.710. The Kier molecular flexibility index (Phi) is 6.68. The Morgan fingerprint density at radius 1 is 1.29 bits per heavy atom. The summed E-state index contributed by atoms with van der Waals surface area (Å²) in [6, 6.07) is 12.5. The number of hydrogen-bond acceptors (Lipinski definition) is 3. The molecule has 0 bridgehead atoms. The van der Waals surface area contributed by atoms with Crippen LogP contribution >= 0.6 is 11.3 Å². The lowest BCUT2D eigenvalue weighted by Crippen LogP contribution is -2.54. The summed E-state index contributed by atoms with van der Waals surface area (Å²) in [5.74, 6) is 0.133. The molecule has 1 aliphatic rings. The molecule has 0 radical (unpaired) electrons. The molecular formula is C23H28N2O2S. The van der Waals surface area contributed by atoms with E-state index < -0.39 is 5.41 Å².